The van der Waals surface area contributed by atoms with Crippen LogP contribution < -0.4 is 0 Å². The quantitative estimate of drug-likeness (QED) is 0.903. The molecule has 1 saturated heterocycles. The number of rotatable bonds is 3. The van der Waals surface area contributed by atoms with Crippen LogP contribution in [0.1, 0.15) is 34.3 Å². The van der Waals surface area contributed by atoms with Gasteiger partial charge in [-0.2, -0.15) is 5.10 Å². The van der Waals surface area contributed by atoms with E-state index in [1.807, 2.05) is 17.5 Å². The second kappa shape index (κ2) is 4.63. The summed E-state index contributed by atoms with van der Waals surface area (Å²) in [7, 11) is 0. The largest absolute Gasteiger partial charge is 0.290 e. The van der Waals surface area contributed by atoms with Crippen LogP contribution in [0.5, 0.6) is 0 Å². The Hall–Kier alpha value is -1.13. The molecule has 0 bridgehead atoms. The monoisotopic (exact) mass is 247 g/mol. The fourth-order valence-electron chi connectivity index (χ4n) is 2.59. The van der Waals surface area contributed by atoms with E-state index in [0.29, 0.717) is 6.04 Å². The highest BCUT2D eigenvalue weighted by molar-refractivity contribution is 7.11. The van der Waals surface area contributed by atoms with Crippen molar-refractivity contribution in [3.63, 3.8) is 0 Å². The number of hydrogen-bond donors (Lipinski definition) is 1. The molecule has 1 fully saturated rings. The number of aryl methyl sites for hydroxylation is 1. The van der Waals surface area contributed by atoms with Crippen molar-refractivity contribution in [1.82, 2.24) is 15.1 Å². The van der Waals surface area contributed by atoms with E-state index in [2.05, 4.69) is 40.2 Å². The predicted molar refractivity (Wildman–Crippen MR) is 70.0 cm³/mol. The Bertz CT molecular complexity index is 475. The minimum Gasteiger partial charge on any atom is -0.290 e. The molecule has 3 rings (SSSR count). The topological polar surface area (TPSA) is 31.9 Å². The van der Waals surface area contributed by atoms with E-state index in [9.17, 15) is 0 Å². The van der Waals surface area contributed by atoms with Crippen molar-refractivity contribution in [1.29, 1.82) is 0 Å². The summed E-state index contributed by atoms with van der Waals surface area (Å²) in [6.45, 7) is 4.44. The van der Waals surface area contributed by atoms with Gasteiger partial charge >= 0.3 is 0 Å². The number of hydrogen-bond acceptors (Lipinski definition) is 3. The third kappa shape index (κ3) is 2.28. The Kier molecular flexibility index (Phi) is 2.99. The fourth-order valence-corrected chi connectivity index (χ4v) is 3.51. The van der Waals surface area contributed by atoms with E-state index in [-0.39, 0.29) is 0 Å². The molecular formula is C13H17N3S. The SMILES string of the molecule is Cc1ccc(CN2CCC[C@H]2c2ccn[nH]2)s1. The van der Waals surface area contributed by atoms with Crippen molar-refractivity contribution in [3.05, 3.63) is 39.8 Å². The van der Waals surface area contributed by atoms with Crippen molar-refractivity contribution in [2.24, 2.45) is 0 Å². The lowest BCUT2D eigenvalue weighted by molar-refractivity contribution is 0.246. The van der Waals surface area contributed by atoms with E-state index < -0.39 is 0 Å². The highest BCUT2D eigenvalue weighted by atomic mass is 32.1. The van der Waals surface area contributed by atoms with E-state index >= 15 is 0 Å². The average Bonchev–Trinajstić information content (AvgIpc) is 3.00. The zero-order valence-corrected chi connectivity index (χ0v) is 10.8. The van der Waals surface area contributed by atoms with Gasteiger partial charge in [0.05, 0.1) is 11.7 Å². The van der Waals surface area contributed by atoms with Crippen molar-refractivity contribution in [2.75, 3.05) is 6.54 Å². The summed E-state index contributed by atoms with van der Waals surface area (Å²) in [5.41, 5.74) is 1.26. The molecule has 0 unspecified atom stereocenters. The van der Waals surface area contributed by atoms with Crippen LogP contribution in [0.25, 0.3) is 0 Å². The molecule has 1 atom stereocenters. The molecular weight excluding hydrogens is 230 g/mol. The molecule has 0 aromatic carbocycles. The van der Waals surface area contributed by atoms with E-state index in [1.54, 1.807) is 0 Å². The third-order valence-corrected chi connectivity index (χ3v) is 4.39. The highest BCUT2D eigenvalue weighted by Gasteiger charge is 2.27. The lowest BCUT2D eigenvalue weighted by Crippen LogP contribution is -2.22. The van der Waals surface area contributed by atoms with Crippen LogP contribution in [0, 0.1) is 6.92 Å². The minimum atomic E-state index is 0.528. The maximum absolute atomic E-state index is 4.06. The molecule has 2 aromatic heterocycles. The number of likely N-dealkylation sites (tertiary alicyclic amines) is 1. The third-order valence-electron chi connectivity index (χ3n) is 3.40. The second-order valence-electron chi connectivity index (χ2n) is 4.65. The van der Waals surface area contributed by atoms with Crippen LogP contribution in [-0.2, 0) is 6.54 Å². The number of nitrogens with zero attached hydrogens (tertiary/aromatic N) is 2. The van der Waals surface area contributed by atoms with Gasteiger partial charge in [0.1, 0.15) is 0 Å². The fraction of sp³-hybridized carbons (Fsp3) is 0.462. The molecule has 1 aliphatic heterocycles. The second-order valence-corrected chi connectivity index (χ2v) is 6.03. The number of aromatic nitrogens is 2. The van der Waals surface area contributed by atoms with Crippen molar-refractivity contribution >= 4 is 11.3 Å². The number of H-pyrrole nitrogens is 1. The minimum absolute atomic E-state index is 0.528. The Morgan fingerprint density at radius 3 is 3.12 bits per heavy atom. The first kappa shape index (κ1) is 11.0. The van der Waals surface area contributed by atoms with Gasteiger partial charge in [-0.1, -0.05) is 0 Å². The lowest BCUT2D eigenvalue weighted by Gasteiger charge is -2.22. The van der Waals surface area contributed by atoms with Gasteiger partial charge in [-0.05, 0) is 44.5 Å². The van der Waals surface area contributed by atoms with Gasteiger partial charge in [0.25, 0.3) is 0 Å². The molecule has 3 heterocycles. The molecule has 2 aromatic rings. The summed E-state index contributed by atoms with van der Waals surface area (Å²) in [4.78, 5) is 5.42. The molecule has 0 radical (unpaired) electrons. The van der Waals surface area contributed by atoms with Crippen molar-refractivity contribution in [2.45, 2.75) is 32.4 Å². The number of nitrogens with one attached hydrogen (secondary N) is 1. The Labute approximate surface area is 105 Å². The van der Waals surface area contributed by atoms with Crippen LogP contribution >= 0.6 is 11.3 Å². The summed E-state index contributed by atoms with van der Waals surface area (Å²) in [5, 5.41) is 7.18. The van der Waals surface area contributed by atoms with Gasteiger partial charge in [-0.3, -0.25) is 10.00 Å². The Balaban J connectivity index is 1.74. The number of aromatic amines is 1. The maximum atomic E-state index is 4.06. The highest BCUT2D eigenvalue weighted by Crippen LogP contribution is 2.32. The summed E-state index contributed by atoms with van der Waals surface area (Å²) < 4.78 is 0. The molecule has 0 amide bonds. The van der Waals surface area contributed by atoms with E-state index in [4.69, 9.17) is 0 Å². The zero-order valence-electron chi connectivity index (χ0n) is 10.0. The molecule has 0 aliphatic carbocycles. The van der Waals surface area contributed by atoms with Gasteiger partial charge in [0.2, 0.25) is 0 Å². The molecule has 1 aliphatic rings. The van der Waals surface area contributed by atoms with Crippen LogP contribution in [-0.4, -0.2) is 21.6 Å². The smallest absolute Gasteiger partial charge is 0.0523 e. The van der Waals surface area contributed by atoms with Gasteiger partial charge < -0.3 is 0 Å². The van der Waals surface area contributed by atoms with Crippen LogP contribution in [0.4, 0.5) is 0 Å². The van der Waals surface area contributed by atoms with Gasteiger partial charge in [-0.15, -0.1) is 11.3 Å². The summed E-state index contributed by atoms with van der Waals surface area (Å²) in [5.74, 6) is 0. The van der Waals surface area contributed by atoms with E-state index in [1.165, 1.54) is 34.8 Å². The first-order valence-corrected chi connectivity index (χ1v) is 6.93. The molecule has 90 valence electrons. The standard InChI is InChI=1S/C13H17N3S/c1-10-4-5-11(17-10)9-16-8-2-3-13(16)12-6-7-14-15-12/h4-7,13H,2-3,8-9H2,1H3,(H,14,15)/t13-/m0/s1. The van der Waals surface area contributed by atoms with Gasteiger partial charge in [-0.25, -0.2) is 0 Å². The lowest BCUT2D eigenvalue weighted by atomic mass is 10.1. The van der Waals surface area contributed by atoms with Gasteiger partial charge in [0, 0.05) is 22.5 Å². The molecule has 3 nitrogen and oxygen atoms in total. The summed E-state index contributed by atoms with van der Waals surface area (Å²) >= 11 is 1.91. The molecule has 4 heteroatoms. The average molecular weight is 247 g/mol. The van der Waals surface area contributed by atoms with Crippen molar-refractivity contribution in [3.8, 4) is 0 Å². The predicted octanol–water partition coefficient (Wildman–Crippen LogP) is 3.12. The summed E-state index contributed by atoms with van der Waals surface area (Å²) in [6.07, 6.45) is 4.38. The van der Waals surface area contributed by atoms with Crippen LogP contribution in [0.15, 0.2) is 24.4 Å². The molecule has 0 saturated carbocycles. The summed E-state index contributed by atoms with van der Waals surface area (Å²) in [6, 6.07) is 7.09. The first-order valence-electron chi connectivity index (χ1n) is 6.11. The van der Waals surface area contributed by atoms with Crippen LogP contribution in [0.3, 0.4) is 0 Å². The van der Waals surface area contributed by atoms with Gasteiger partial charge in [0.15, 0.2) is 0 Å². The molecule has 1 N–H and O–H groups in total. The van der Waals surface area contributed by atoms with E-state index in [0.717, 1.165) is 6.54 Å². The Morgan fingerprint density at radius 1 is 1.47 bits per heavy atom. The molecule has 17 heavy (non-hydrogen) atoms. The normalized spacial score (nSPS) is 21.1. The van der Waals surface area contributed by atoms with Crippen LogP contribution in [0.2, 0.25) is 0 Å². The molecule has 0 spiro atoms. The number of thiophene rings is 1. The van der Waals surface area contributed by atoms with Crippen molar-refractivity contribution < 1.29 is 0 Å². The maximum Gasteiger partial charge on any atom is 0.0523 e. The first-order chi connectivity index (χ1) is 8.33. The zero-order chi connectivity index (χ0) is 11.7. The Morgan fingerprint density at radius 2 is 2.41 bits per heavy atom.